The minimum atomic E-state index is -0.0112. The molecular weight excluding hydrogens is 244 g/mol. The van der Waals surface area contributed by atoms with Gasteiger partial charge in [0.15, 0.2) is 0 Å². The summed E-state index contributed by atoms with van der Waals surface area (Å²) in [5, 5.41) is 0. The van der Waals surface area contributed by atoms with Crippen LogP contribution in [0.1, 0.15) is 74.7 Å². The Morgan fingerprint density at radius 3 is 2.10 bits per heavy atom. The summed E-state index contributed by atoms with van der Waals surface area (Å²) in [5.41, 5.74) is 1.04. The van der Waals surface area contributed by atoms with Gasteiger partial charge in [-0.25, -0.2) is 0 Å². The van der Waals surface area contributed by atoms with E-state index in [1.165, 1.54) is 19.3 Å². The summed E-state index contributed by atoms with van der Waals surface area (Å²) >= 11 is 0. The predicted octanol–water partition coefficient (Wildman–Crippen LogP) is 5.29. The van der Waals surface area contributed by atoms with Gasteiger partial charge < -0.3 is 4.74 Å². The van der Waals surface area contributed by atoms with Gasteiger partial charge in [0.2, 0.25) is 0 Å². The molecule has 0 N–H and O–H groups in total. The van der Waals surface area contributed by atoms with Gasteiger partial charge in [-0.1, -0.05) is 34.6 Å². The van der Waals surface area contributed by atoms with E-state index in [9.17, 15) is 0 Å². The maximum atomic E-state index is 6.73. The van der Waals surface area contributed by atoms with E-state index in [4.69, 9.17) is 4.74 Å². The van der Waals surface area contributed by atoms with Gasteiger partial charge in [0.05, 0.1) is 11.2 Å². The largest absolute Gasteiger partial charge is 0.369 e. The van der Waals surface area contributed by atoms with E-state index in [0.29, 0.717) is 10.8 Å². The molecule has 3 fully saturated rings. The molecule has 0 bridgehead atoms. The smallest absolute Gasteiger partial charge is 0.0758 e. The fraction of sp³-hybridized carbons (Fsp3) is 1.00. The summed E-state index contributed by atoms with van der Waals surface area (Å²) in [6.07, 6.45) is 4.13. The zero-order valence-electron chi connectivity index (χ0n) is 14.8. The summed E-state index contributed by atoms with van der Waals surface area (Å²) < 4.78 is 6.73. The Balaban J connectivity index is 2.01. The summed E-state index contributed by atoms with van der Waals surface area (Å²) in [6.45, 7) is 19.2. The molecule has 1 heteroatoms. The monoisotopic (exact) mass is 278 g/mol. The van der Waals surface area contributed by atoms with Gasteiger partial charge in [-0.2, -0.15) is 0 Å². The van der Waals surface area contributed by atoms with Crippen LogP contribution in [-0.2, 0) is 4.74 Å². The zero-order chi connectivity index (χ0) is 15.1. The maximum Gasteiger partial charge on any atom is 0.0758 e. The van der Waals surface area contributed by atoms with Crippen molar-refractivity contribution < 1.29 is 4.74 Å². The van der Waals surface area contributed by atoms with Crippen molar-refractivity contribution in [2.45, 2.75) is 85.9 Å². The Kier molecular flexibility index (Phi) is 2.85. The number of hydrogen-bond acceptors (Lipinski definition) is 1. The van der Waals surface area contributed by atoms with E-state index in [1.807, 2.05) is 0 Å². The molecule has 3 rings (SSSR count). The summed E-state index contributed by atoms with van der Waals surface area (Å²) in [6, 6.07) is 0. The van der Waals surface area contributed by atoms with Crippen molar-refractivity contribution in [2.24, 2.45) is 34.5 Å². The van der Waals surface area contributed by atoms with Gasteiger partial charge >= 0.3 is 0 Å². The van der Waals surface area contributed by atoms with E-state index in [1.54, 1.807) is 0 Å². The Morgan fingerprint density at radius 1 is 0.950 bits per heavy atom. The predicted molar refractivity (Wildman–Crippen MR) is 84.6 cm³/mol. The molecule has 5 unspecified atom stereocenters. The fourth-order valence-corrected chi connectivity index (χ4v) is 6.20. The topological polar surface area (TPSA) is 9.23 Å². The number of ether oxygens (including phenoxy) is 1. The van der Waals surface area contributed by atoms with Crippen LogP contribution in [0.5, 0.6) is 0 Å². The molecule has 3 saturated carbocycles. The van der Waals surface area contributed by atoms with Crippen LogP contribution in [0.15, 0.2) is 0 Å². The first-order chi connectivity index (χ1) is 8.93. The van der Waals surface area contributed by atoms with Gasteiger partial charge in [-0.15, -0.1) is 0 Å². The number of rotatable bonds is 1. The van der Waals surface area contributed by atoms with Crippen LogP contribution in [0.2, 0.25) is 0 Å². The van der Waals surface area contributed by atoms with E-state index < -0.39 is 0 Å². The molecule has 0 radical (unpaired) electrons. The lowest BCUT2D eigenvalue weighted by Gasteiger charge is -2.45. The highest BCUT2D eigenvalue weighted by molar-refractivity contribution is 5.23. The molecule has 0 aromatic carbocycles. The molecule has 0 aliphatic heterocycles. The lowest BCUT2D eigenvalue weighted by molar-refractivity contribution is -0.150. The molecular formula is C19H34O. The minimum absolute atomic E-state index is 0.0112. The third-order valence-electron chi connectivity index (χ3n) is 7.34. The summed E-state index contributed by atoms with van der Waals surface area (Å²) in [4.78, 5) is 0. The van der Waals surface area contributed by atoms with Crippen molar-refractivity contribution in [2.75, 3.05) is 0 Å². The van der Waals surface area contributed by atoms with Crippen LogP contribution in [0.4, 0.5) is 0 Å². The van der Waals surface area contributed by atoms with E-state index in [0.717, 1.165) is 23.7 Å². The highest BCUT2D eigenvalue weighted by Gasteiger charge is 2.74. The summed E-state index contributed by atoms with van der Waals surface area (Å²) in [5.74, 6) is 3.19. The van der Waals surface area contributed by atoms with E-state index >= 15 is 0 Å². The second-order valence-corrected chi connectivity index (χ2v) is 10.1. The number of hydrogen-bond donors (Lipinski definition) is 0. The van der Waals surface area contributed by atoms with Crippen LogP contribution < -0.4 is 0 Å². The fourth-order valence-electron chi connectivity index (χ4n) is 6.20. The van der Waals surface area contributed by atoms with Crippen molar-refractivity contribution in [3.8, 4) is 0 Å². The molecule has 0 aromatic heterocycles. The second kappa shape index (κ2) is 3.83. The molecule has 20 heavy (non-hydrogen) atoms. The first kappa shape index (κ1) is 14.9. The lowest BCUT2D eigenvalue weighted by atomic mass is 9.66. The maximum absolute atomic E-state index is 6.73. The third kappa shape index (κ3) is 1.77. The summed E-state index contributed by atoms with van der Waals surface area (Å²) in [7, 11) is 0. The lowest BCUT2D eigenvalue weighted by Crippen LogP contribution is -2.46. The first-order valence-corrected chi connectivity index (χ1v) is 8.63. The van der Waals surface area contributed by atoms with Crippen LogP contribution in [0, 0.1) is 34.5 Å². The van der Waals surface area contributed by atoms with Gasteiger partial charge in [0, 0.05) is 0 Å². The zero-order valence-corrected chi connectivity index (χ0v) is 14.8. The van der Waals surface area contributed by atoms with Gasteiger partial charge in [-0.05, 0) is 74.5 Å². The molecule has 0 amide bonds. The molecule has 0 saturated heterocycles. The standard InChI is InChI=1S/C19H34O/c1-12-17(5,6)14-10-9-13-11-19(13,20-16(2,3)4)15(14)18(12,7)8/h12-15H,9-11H2,1-8H3. The van der Waals surface area contributed by atoms with Crippen LogP contribution in [0.25, 0.3) is 0 Å². The van der Waals surface area contributed by atoms with E-state index in [2.05, 4.69) is 55.4 Å². The third-order valence-corrected chi connectivity index (χ3v) is 7.34. The SMILES string of the molecule is CC1C(C)(C)C2CCC3CC3(OC(C)(C)C)C2C1(C)C. The molecule has 3 aliphatic rings. The van der Waals surface area contributed by atoms with E-state index in [-0.39, 0.29) is 11.2 Å². The van der Waals surface area contributed by atoms with Gasteiger partial charge in [-0.3, -0.25) is 0 Å². The average molecular weight is 278 g/mol. The van der Waals surface area contributed by atoms with Gasteiger partial charge in [0.25, 0.3) is 0 Å². The van der Waals surface area contributed by atoms with Crippen LogP contribution in [0.3, 0.4) is 0 Å². The highest BCUT2D eigenvalue weighted by atomic mass is 16.5. The first-order valence-electron chi connectivity index (χ1n) is 8.63. The Morgan fingerprint density at radius 2 is 1.55 bits per heavy atom. The average Bonchev–Trinajstić information content (AvgIpc) is 2.92. The van der Waals surface area contributed by atoms with Crippen molar-refractivity contribution >= 4 is 0 Å². The normalized spacial score (nSPS) is 48.6. The quantitative estimate of drug-likeness (QED) is 0.633. The minimum Gasteiger partial charge on any atom is -0.369 e. The molecule has 0 aromatic rings. The van der Waals surface area contributed by atoms with Crippen LogP contribution >= 0.6 is 0 Å². The molecule has 116 valence electrons. The Labute approximate surface area is 125 Å². The van der Waals surface area contributed by atoms with Gasteiger partial charge in [0.1, 0.15) is 0 Å². The second-order valence-electron chi connectivity index (χ2n) is 10.1. The molecule has 5 atom stereocenters. The molecule has 0 heterocycles. The Hall–Kier alpha value is -0.0400. The van der Waals surface area contributed by atoms with Crippen LogP contribution in [-0.4, -0.2) is 11.2 Å². The van der Waals surface area contributed by atoms with Crippen molar-refractivity contribution in [1.82, 2.24) is 0 Å². The Bertz CT molecular complexity index is 414. The van der Waals surface area contributed by atoms with Crippen molar-refractivity contribution in [3.05, 3.63) is 0 Å². The van der Waals surface area contributed by atoms with Crippen molar-refractivity contribution in [3.63, 3.8) is 0 Å². The molecule has 0 spiro atoms. The highest BCUT2D eigenvalue weighted by Crippen LogP contribution is 2.75. The molecule has 3 aliphatic carbocycles. The number of fused-ring (bicyclic) bond motifs is 3. The van der Waals surface area contributed by atoms with Crippen molar-refractivity contribution in [1.29, 1.82) is 0 Å². The molecule has 1 nitrogen and oxygen atoms in total.